The van der Waals surface area contributed by atoms with Crippen molar-refractivity contribution in [1.29, 1.82) is 0 Å². The Balaban J connectivity index is 1.54. The van der Waals surface area contributed by atoms with E-state index in [1.807, 2.05) is 6.92 Å². The van der Waals surface area contributed by atoms with Crippen LogP contribution in [0.15, 0.2) is 76.7 Å². The summed E-state index contributed by atoms with van der Waals surface area (Å²) in [6, 6.07) is 13.8. The smallest absolute Gasteiger partial charge is 0.407 e. The van der Waals surface area contributed by atoms with Crippen molar-refractivity contribution in [2.75, 3.05) is 13.7 Å². The SMILES string of the molecule is COC(=O)N[C@H]1C[C@H]2C[C@@H]1OC(C)COc1ccc(cc1)-c1c(-c3cn(C)nc3F)n(S(=O)(=O)c3ccccc3)c3ncc4c(c13)n2c(=O)n4C. The minimum absolute atomic E-state index is 0.00717. The molecular formula is C35H34FN7O7S. The lowest BCUT2D eigenvalue weighted by Gasteiger charge is -2.24. The summed E-state index contributed by atoms with van der Waals surface area (Å²) in [6.45, 7) is 2.05. The summed E-state index contributed by atoms with van der Waals surface area (Å²) in [5.41, 5.74) is 1.22. The maximum atomic E-state index is 15.9. The molecule has 4 atom stereocenters. The molecule has 1 aliphatic carbocycles. The number of carbonyl (C=O) groups is 1. The second-order valence-electron chi connectivity index (χ2n) is 12.9. The van der Waals surface area contributed by atoms with Crippen LogP contribution in [0.25, 0.3) is 44.5 Å². The number of nitrogens with zero attached hydrogens (tertiary/aromatic N) is 6. The van der Waals surface area contributed by atoms with Crippen molar-refractivity contribution >= 4 is 38.2 Å². The van der Waals surface area contributed by atoms with Gasteiger partial charge in [-0.15, -0.1) is 5.10 Å². The minimum atomic E-state index is -4.44. The van der Waals surface area contributed by atoms with Crippen LogP contribution in [0.2, 0.25) is 0 Å². The monoisotopic (exact) mass is 715 g/mol. The van der Waals surface area contributed by atoms with Gasteiger partial charge in [-0.05, 0) is 49.6 Å². The Morgan fingerprint density at radius 2 is 1.82 bits per heavy atom. The van der Waals surface area contributed by atoms with Gasteiger partial charge in [-0.1, -0.05) is 30.3 Å². The number of aryl methyl sites for hydroxylation is 2. The van der Waals surface area contributed by atoms with Crippen molar-refractivity contribution in [2.45, 2.75) is 49.0 Å². The number of alkyl carbamates (subject to hydrolysis) is 1. The molecule has 4 aromatic heterocycles. The Labute approximate surface area is 291 Å². The van der Waals surface area contributed by atoms with E-state index in [2.05, 4.69) is 10.4 Å². The summed E-state index contributed by atoms with van der Waals surface area (Å²) in [4.78, 5) is 31.4. The van der Waals surface area contributed by atoms with Gasteiger partial charge in [0, 0.05) is 31.9 Å². The quantitative estimate of drug-likeness (QED) is 0.281. The van der Waals surface area contributed by atoms with Crippen molar-refractivity contribution < 1.29 is 31.8 Å². The van der Waals surface area contributed by atoms with Crippen LogP contribution in [-0.2, 0) is 33.6 Å². The van der Waals surface area contributed by atoms with Gasteiger partial charge in [0.05, 0.1) is 64.1 Å². The van der Waals surface area contributed by atoms with Crippen molar-refractivity contribution in [3.8, 4) is 28.1 Å². The normalized spacial score (nSPS) is 20.4. The molecule has 264 valence electrons. The van der Waals surface area contributed by atoms with Crippen LogP contribution in [0.3, 0.4) is 0 Å². The van der Waals surface area contributed by atoms with Gasteiger partial charge in [-0.25, -0.2) is 27.0 Å². The van der Waals surface area contributed by atoms with Crippen LogP contribution in [0, 0.1) is 5.95 Å². The lowest BCUT2D eigenvalue weighted by molar-refractivity contribution is -0.0322. The standard InChI is InChI=1S/C35H34FN7O7S/c1-19-18-49-22-12-10-20(11-13-22)28-29-31-26(41(3)35(45)42(31)21-14-25(27(15-21)50-19)38-34(44)48-4)16-37-33(29)43(30(28)24-17-40(2)39-32(24)36)51(46,47)23-8-6-5-7-9-23/h5-13,16-17,19,21,25,27H,14-15,18H2,1-4H3,(H,38,44)/t19?,21-,25-,27-/m0/s1. The molecule has 0 radical (unpaired) electrons. The van der Waals surface area contributed by atoms with Gasteiger partial charge < -0.3 is 19.5 Å². The Morgan fingerprint density at radius 3 is 2.51 bits per heavy atom. The van der Waals surface area contributed by atoms with Gasteiger partial charge in [0.1, 0.15) is 12.4 Å². The first-order valence-corrected chi connectivity index (χ1v) is 17.8. The van der Waals surface area contributed by atoms with E-state index in [0.29, 0.717) is 46.1 Å². The van der Waals surface area contributed by atoms with Crippen molar-refractivity contribution in [1.82, 2.24) is 33.2 Å². The maximum absolute atomic E-state index is 15.9. The molecule has 51 heavy (non-hydrogen) atoms. The van der Waals surface area contributed by atoms with Crippen LogP contribution >= 0.6 is 0 Å². The fraction of sp³-hybridized carbons (Fsp3) is 0.314. The molecule has 16 heteroatoms. The van der Waals surface area contributed by atoms with Crippen molar-refractivity contribution in [3.05, 3.63) is 83.4 Å². The number of benzene rings is 2. The number of pyridine rings is 1. The number of hydrogen-bond donors (Lipinski definition) is 1. The summed E-state index contributed by atoms with van der Waals surface area (Å²) in [6.07, 6.45) is 1.95. The lowest BCUT2D eigenvalue weighted by Crippen LogP contribution is -2.42. The number of methoxy groups -OCH3 is 1. The van der Waals surface area contributed by atoms with Crippen LogP contribution in [0.1, 0.15) is 25.8 Å². The van der Waals surface area contributed by atoms with E-state index in [4.69, 9.17) is 19.2 Å². The number of nitrogens with one attached hydrogen (secondary N) is 1. The Hall–Kier alpha value is -5.48. The number of rotatable bonds is 4. The molecular weight excluding hydrogens is 681 g/mol. The summed E-state index contributed by atoms with van der Waals surface area (Å²) >= 11 is 0. The predicted octanol–water partition coefficient (Wildman–Crippen LogP) is 4.36. The average molecular weight is 716 g/mol. The van der Waals surface area contributed by atoms with E-state index in [0.717, 1.165) is 3.97 Å². The molecule has 0 saturated heterocycles. The zero-order valence-corrected chi connectivity index (χ0v) is 28.9. The minimum Gasteiger partial charge on any atom is -0.491 e. The van der Waals surface area contributed by atoms with Crippen LogP contribution in [-0.4, -0.2) is 74.3 Å². The highest BCUT2D eigenvalue weighted by Crippen LogP contribution is 2.47. The second-order valence-corrected chi connectivity index (χ2v) is 14.7. The molecule has 1 N–H and O–H groups in total. The molecule has 0 spiro atoms. The Morgan fingerprint density at radius 1 is 1.08 bits per heavy atom. The summed E-state index contributed by atoms with van der Waals surface area (Å²) in [7, 11) is -0.00547. The largest absolute Gasteiger partial charge is 0.491 e. The Bertz CT molecular complexity index is 2500. The molecule has 3 aliphatic rings. The highest BCUT2D eigenvalue weighted by Gasteiger charge is 2.41. The molecule has 9 rings (SSSR count). The van der Waals surface area contributed by atoms with Crippen molar-refractivity contribution in [2.24, 2.45) is 14.1 Å². The van der Waals surface area contributed by atoms with E-state index in [1.54, 1.807) is 61.1 Å². The number of ether oxygens (including phenoxy) is 3. The first-order chi connectivity index (χ1) is 24.5. The fourth-order valence-corrected chi connectivity index (χ4v) is 8.93. The molecule has 2 aromatic carbocycles. The molecule has 6 heterocycles. The molecule has 1 amide bonds. The molecule has 14 nitrogen and oxygen atoms in total. The van der Waals surface area contributed by atoms with Crippen LogP contribution in [0.5, 0.6) is 5.75 Å². The number of fused-ring (bicyclic) bond motifs is 5. The van der Waals surface area contributed by atoms with Gasteiger partial charge in [-0.3, -0.25) is 13.8 Å². The van der Waals surface area contributed by atoms with Crippen molar-refractivity contribution in [3.63, 3.8) is 0 Å². The molecule has 2 aliphatic heterocycles. The summed E-state index contributed by atoms with van der Waals surface area (Å²) in [5, 5.41) is 7.12. The van der Waals surface area contributed by atoms with Gasteiger partial charge in [-0.2, -0.15) is 4.39 Å². The van der Waals surface area contributed by atoms with E-state index in [1.165, 1.54) is 40.9 Å². The highest BCUT2D eigenvalue weighted by molar-refractivity contribution is 7.90. The topological polar surface area (TPSA) is 154 Å². The van der Waals surface area contributed by atoms with Gasteiger partial charge in [0.2, 0.25) is 5.95 Å². The van der Waals surface area contributed by atoms with Gasteiger partial charge in [0.25, 0.3) is 10.0 Å². The zero-order chi connectivity index (χ0) is 35.8. The third-order valence-corrected chi connectivity index (χ3v) is 11.4. The second kappa shape index (κ2) is 12.1. The summed E-state index contributed by atoms with van der Waals surface area (Å²) < 4.78 is 68.3. The third kappa shape index (κ3) is 5.19. The van der Waals surface area contributed by atoms with E-state index >= 15 is 4.39 Å². The molecule has 6 aromatic rings. The third-order valence-electron chi connectivity index (χ3n) is 9.68. The maximum Gasteiger partial charge on any atom is 0.407 e. The molecule has 1 fully saturated rings. The molecule has 4 bridgehead atoms. The highest BCUT2D eigenvalue weighted by atomic mass is 32.2. The number of carbonyl (C=O) groups excluding carboxylic acids is 1. The van der Waals surface area contributed by atoms with E-state index in [9.17, 15) is 18.0 Å². The van der Waals surface area contributed by atoms with Gasteiger partial charge >= 0.3 is 11.8 Å². The number of imidazole rings is 1. The molecule has 1 unspecified atom stereocenters. The molecule has 1 saturated carbocycles. The lowest BCUT2D eigenvalue weighted by atomic mass is 9.99. The number of hydrogen-bond acceptors (Lipinski definition) is 9. The first kappa shape index (κ1) is 32.7. The predicted molar refractivity (Wildman–Crippen MR) is 185 cm³/mol. The fourth-order valence-electron chi connectivity index (χ4n) is 7.42. The summed E-state index contributed by atoms with van der Waals surface area (Å²) in [5.74, 6) is -0.368. The number of aromatic nitrogens is 6. The zero-order valence-electron chi connectivity index (χ0n) is 28.1. The van der Waals surface area contributed by atoms with Crippen LogP contribution < -0.4 is 15.7 Å². The number of halogens is 1. The number of amides is 1. The first-order valence-electron chi connectivity index (χ1n) is 16.4. The Kier molecular flexibility index (Phi) is 7.75. The average Bonchev–Trinajstić information content (AvgIpc) is 3.84. The van der Waals surface area contributed by atoms with Gasteiger partial charge in [0.15, 0.2) is 5.65 Å². The van der Waals surface area contributed by atoms with E-state index in [-0.39, 0.29) is 40.2 Å². The van der Waals surface area contributed by atoms with E-state index < -0.39 is 40.3 Å². The van der Waals surface area contributed by atoms with Crippen LogP contribution in [0.4, 0.5) is 9.18 Å².